The number of phenolic OH excluding ortho intramolecular Hbond substituents is 1. The van der Waals surface area contributed by atoms with Gasteiger partial charge in [0, 0.05) is 16.9 Å². The van der Waals surface area contributed by atoms with Crippen LogP contribution in [0.5, 0.6) is 5.75 Å². The molecule has 6 heteroatoms. The highest BCUT2D eigenvalue weighted by Crippen LogP contribution is 2.17. The summed E-state index contributed by atoms with van der Waals surface area (Å²) in [5, 5.41) is 16.8. The summed E-state index contributed by atoms with van der Waals surface area (Å²) in [5.41, 5.74) is 1.99. The Morgan fingerprint density at radius 1 is 1.17 bits per heavy atom. The summed E-state index contributed by atoms with van der Waals surface area (Å²) in [5.74, 6) is -0.114. The summed E-state index contributed by atoms with van der Waals surface area (Å²) in [6, 6.07) is 13.8. The van der Waals surface area contributed by atoms with Crippen molar-refractivity contribution < 1.29 is 9.90 Å². The molecule has 0 saturated carbocycles. The zero-order chi connectivity index (χ0) is 16.2. The number of anilines is 1. The molecule has 2 aromatic carbocycles. The number of benzene rings is 2. The first-order valence-corrected chi connectivity index (χ1v) is 7.36. The SMILES string of the molecule is O=C(Nc1ccc(O)cc1)c1cnn(Cc2ccccc2Cl)c1. The lowest BCUT2D eigenvalue weighted by Crippen LogP contribution is -2.11. The molecule has 3 aromatic rings. The van der Waals surface area contributed by atoms with E-state index in [-0.39, 0.29) is 11.7 Å². The smallest absolute Gasteiger partial charge is 0.258 e. The molecule has 3 rings (SSSR count). The van der Waals surface area contributed by atoms with Gasteiger partial charge in [-0.15, -0.1) is 0 Å². The molecule has 0 aliphatic heterocycles. The highest BCUT2D eigenvalue weighted by Gasteiger charge is 2.10. The maximum Gasteiger partial charge on any atom is 0.258 e. The summed E-state index contributed by atoms with van der Waals surface area (Å²) < 4.78 is 1.66. The Hall–Kier alpha value is -2.79. The van der Waals surface area contributed by atoms with Crippen LogP contribution in [0.25, 0.3) is 0 Å². The van der Waals surface area contributed by atoms with E-state index >= 15 is 0 Å². The van der Waals surface area contributed by atoms with E-state index in [4.69, 9.17) is 11.6 Å². The van der Waals surface area contributed by atoms with E-state index < -0.39 is 0 Å². The highest BCUT2D eigenvalue weighted by atomic mass is 35.5. The van der Waals surface area contributed by atoms with Crippen molar-refractivity contribution in [2.75, 3.05) is 5.32 Å². The topological polar surface area (TPSA) is 67.2 Å². The molecule has 0 radical (unpaired) electrons. The largest absolute Gasteiger partial charge is 0.508 e. The first-order chi connectivity index (χ1) is 11.1. The van der Waals surface area contributed by atoms with Gasteiger partial charge in [-0.1, -0.05) is 29.8 Å². The maximum atomic E-state index is 12.2. The first-order valence-electron chi connectivity index (χ1n) is 6.98. The predicted octanol–water partition coefficient (Wildman–Crippen LogP) is 3.54. The molecule has 1 amide bonds. The van der Waals surface area contributed by atoms with E-state index in [0.29, 0.717) is 22.8 Å². The van der Waals surface area contributed by atoms with Crippen LogP contribution in [0.15, 0.2) is 60.9 Å². The van der Waals surface area contributed by atoms with E-state index in [1.54, 1.807) is 23.0 Å². The van der Waals surface area contributed by atoms with Gasteiger partial charge in [0.05, 0.1) is 18.3 Å². The molecule has 5 nitrogen and oxygen atoms in total. The van der Waals surface area contributed by atoms with Crippen molar-refractivity contribution in [2.45, 2.75) is 6.54 Å². The van der Waals surface area contributed by atoms with Gasteiger partial charge in [-0.2, -0.15) is 5.10 Å². The van der Waals surface area contributed by atoms with Crippen LogP contribution in [0, 0.1) is 0 Å². The molecule has 23 heavy (non-hydrogen) atoms. The lowest BCUT2D eigenvalue weighted by molar-refractivity contribution is 0.102. The lowest BCUT2D eigenvalue weighted by Gasteiger charge is -2.04. The highest BCUT2D eigenvalue weighted by molar-refractivity contribution is 6.31. The second kappa shape index (κ2) is 6.54. The number of phenols is 1. The number of aromatic nitrogens is 2. The molecule has 0 aliphatic rings. The standard InChI is InChI=1S/C17H14ClN3O2/c18-16-4-2-1-3-12(16)10-21-11-13(9-19-21)17(23)20-14-5-7-15(22)8-6-14/h1-9,11,22H,10H2,(H,20,23). The Morgan fingerprint density at radius 2 is 1.91 bits per heavy atom. The number of rotatable bonds is 4. The van der Waals surface area contributed by atoms with Crippen molar-refractivity contribution in [1.82, 2.24) is 9.78 Å². The van der Waals surface area contributed by atoms with Gasteiger partial charge in [-0.25, -0.2) is 0 Å². The van der Waals surface area contributed by atoms with Crippen molar-refractivity contribution >= 4 is 23.2 Å². The molecule has 1 aromatic heterocycles. The molecule has 0 unspecified atom stereocenters. The number of amides is 1. The molecule has 2 N–H and O–H groups in total. The predicted molar refractivity (Wildman–Crippen MR) is 88.8 cm³/mol. The summed E-state index contributed by atoms with van der Waals surface area (Å²) in [6.07, 6.45) is 3.17. The normalized spacial score (nSPS) is 10.5. The van der Waals surface area contributed by atoms with E-state index in [2.05, 4.69) is 10.4 Å². The van der Waals surface area contributed by atoms with Crippen LogP contribution in [0.2, 0.25) is 5.02 Å². The van der Waals surface area contributed by atoms with Crippen molar-refractivity contribution in [3.8, 4) is 5.75 Å². The number of hydrogen-bond donors (Lipinski definition) is 2. The summed E-state index contributed by atoms with van der Waals surface area (Å²) >= 11 is 6.12. The number of carbonyl (C=O) groups is 1. The van der Waals surface area contributed by atoms with Gasteiger partial charge >= 0.3 is 0 Å². The van der Waals surface area contributed by atoms with Gasteiger partial charge in [0.15, 0.2) is 0 Å². The Balaban J connectivity index is 1.70. The third kappa shape index (κ3) is 3.70. The number of aromatic hydroxyl groups is 1. The minimum atomic E-state index is -0.263. The van der Waals surface area contributed by atoms with E-state index in [1.807, 2.05) is 24.3 Å². The third-order valence-electron chi connectivity index (χ3n) is 3.31. The van der Waals surface area contributed by atoms with Gasteiger partial charge in [0.1, 0.15) is 5.75 Å². The molecule has 0 spiro atoms. The van der Waals surface area contributed by atoms with Gasteiger partial charge in [-0.3, -0.25) is 9.48 Å². The van der Waals surface area contributed by atoms with Crippen LogP contribution in [0.3, 0.4) is 0 Å². The average molecular weight is 328 g/mol. The van der Waals surface area contributed by atoms with Gasteiger partial charge < -0.3 is 10.4 Å². The number of nitrogens with zero attached hydrogens (tertiary/aromatic N) is 2. The zero-order valence-electron chi connectivity index (χ0n) is 12.1. The van der Waals surface area contributed by atoms with Crippen LogP contribution in [-0.2, 0) is 6.54 Å². The summed E-state index contributed by atoms with van der Waals surface area (Å²) in [6.45, 7) is 0.492. The Morgan fingerprint density at radius 3 is 2.65 bits per heavy atom. The molecule has 1 heterocycles. The summed E-state index contributed by atoms with van der Waals surface area (Å²) in [4.78, 5) is 12.2. The van der Waals surface area contributed by atoms with Crippen LogP contribution < -0.4 is 5.32 Å². The van der Waals surface area contributed by atoms with Gasteiger partial charge in [0.2, 0.25) is 0 Å². The first kappa shape index (κ1) is 15.1. The zero-order valence-corrected chi connectivity index (χ0v) is 12.9. The fraction of sp³-hybridized carbons (Fsp3) is 0.0588. The molecule has 0 atom stereocenters. The van der Waals surface area contributed by atoms with Gasteiger partial charge in [-0.05, 0) is 35.9 Å². The monoisotopic (exact) mass is 327 g/mol. The fourth-order valence-electron chi connectivity index (χ4n) is 2.12. The molecule has 0 fully saturated rings. The van der Waals surface area contributed by atoms with Crippen molar-refractivity contribution in [3.05, 3.63) is 77.1 Å². The Kier molecular flexibility index (Phi) is 4.30. The van der Waals surface area contributed by atoms with E-state index in [9.17, 15) is 9.90 Å². The summed E-state index contributed by atoms with van der Waals surface area (Å²) in [7, 11) is 0. The fourth-order valence-corrected chi connectivity index (χ4v) is 2.31. The number of nitrogens with one attached hydrogen (secondary N) is 1. The van der Waals surface area contributed by atoms with Crippen LogP contribution in [0.4, 0.5) is 5.69 Å². The number of carbonyl (C=O) groups excluding carboxylic acids is 1. The van der Waals surface area contributed by atoms with Crippen molar-refractivity contribution in [1.29, 1.82) is 0 Å². The molecule has 116 valence electrons. The quantitative estimate of drug-likeness (QED) is 0.720. The van der Waals surface area contributed by atoms with Crippen LogP contribution >= 0.6 is 11.6 Å². The second-order valence-corrected chi connectivity index (χ2v) is 5.43. The van der Waals surface area contributed by atoms with Crippen molar-refractivity contribution in [3.63, 3.8) is 0 Å². The molecule has 0 saturated heterocycles. The second-order valence-electron chi connectivity index (χ2n) is 5.02. The molecular weight excluding hydrogens is 314 g/mol. The average Bonchev–Trinajstić information content (AvgIpc) is 3.01. The minimum Gasteiger partial charge on any atom is -0.508 e. The van der Waals surface area contributed by atoms with E-state index in [1.165, 1.54) is 18.3 Å². The van der Waals surface area contributed by atoms with E-state index in [0.717, 1.165) is 5.56 Å². The minimum absolute atomic E-state index is 0.149. The third-order valence-corrected chi connectivity index (χ3v) is 3.68. The lowest BCUT2D eigenvalue weighted by atomic mass is 10.2. The molecule has 0 bridgehead atoms. The molecular formula is C17H14ClN3O2. The Labute approximate surface area is 138 Å². The van der Waals surface area contributed by atoms with Crippen LogP contribution in [-0.4, -0.2) is 20.8 Å². The van der Waals surface area contributed by atoms with Crippen molar-refractivity contribution in [2.24, 2.45) is 0 Å². The van der Waals surface area contributed by atoms with Gasteiger partial charge in [0.25, 0.3) is 5.91 Å². The number of hydrogen-bond acceptors (Lipinski definition) is 3. The van der Waals surface area contributed by atoms with Crippen LogP contribution in [0.1, 0.15) is 15.9 Å². The number of halogens is 1. The molecule has 0 aliphatic carbocycles. The Bertz CT molecular complexity index is 828. The maximum absolute atomic E-state index is 12.2.